The van der Waals surface area contributed by atoms with E-state index in [1.54, 1.807) is 6.20 Å². The SMILES string of the molecule is CN=C(NCc1ccccc1-n1ccnc1)NC1CCN(c2ccc(C)cc2)C1. The molecule has 1 unspecified atom stereocenters. The van der Waals surface area contributed by atoms with E-state index in [-0.39, 0.29) is 0 Å². The lowest BCUT2D eigenvalue weighted by Crippen LogP contribution is -2.44. The number of imidazole rings is 1. The fourth-order valence-corrected chi connectivity index (χ4v) is 3.75. The Hall–Kier alpha value is -3.28. The number of benzene rings is 2. The number of aryl methyl sites for hydroxylation is 1. The lowest BCUT2D eigenvalue weighted by Gasteiger charge is -2.21. The van der Waals surface area contributed by atoms with E-state index in [4.69, 9.17) is 0 Å². The number of guanidine groups is 1. The van der Waals surface area contributed by atoms with Crippen molar-refractivity contribution in [1.82, 2.24) is 20.2 Å². The van der Waals surface area contributed by atoms with Gasteiger partial charge < -0.3 is 20.1 Å². The second-order valence-corrected chi connectivity index (χ2v) is 7.44. The van der Waals surface area contributed by atoms with Crippen LogP contribution in [0.3, 0.4) is 0 Å². The molecule has 1 atom stereocenters. The molecule has 150 valence electrons. The zero-order valence-electron chi connectivity index (χ0n) is 17.0. The molecule has 0 amide bonds. The summed E-state index contributed by atoms with van der Waals surface area (Å²) in [6, 6.07) is 17.5. The molecular formula is C23H28N6. The first-order valence-electron chi connectivity index (χ1n) is 10.1. The summed E-state index contributed by atoms with van der Waals surface area (Å²) in [4.78, 5) is 11.0. The fourth-order valence-electron chi connectivity index (χ4n) is 3.75. The minimum Gasteiger partial charge on any atom is -0.369 e. The van der Waals surface area contributed by atoms with Gasteiger partial charge in [0.25, 0.3) is 0 Å². The first-order chi connectivity index (χ1) is 14.2. The van der Waals surface area contributed by atoms with Gasteiger partial charge in [-0.1, -0.05) is 35.9 Å². The Morgan fingerprint density at radius 1 is 1.17 bits per heavy atom. The molecule has 4 rings (SSSR count). The molecule has 2 heterocycles. The Morgan fingerprint density at radius 3 is 2.76 bits per heavy atom. The van der Waals surface area contributed by atoms with Crippen LogP contribution in [0.1, 0.15) is 17.5 Å². The molecule has 0 radical (unpaired) electrons. The highest BCUT2D eigenvalue weighted by Gasteiger charge is 2.23. The predicted octanol–water partition coefficient (Wildman–Crippen LogP) is 3.12. The minimum absolute atomic E-state index is 0.381. The maximum atomic E-state index is 4.43. The van der Waals surface area contributed by atoms with Gasteiger partial charge in [-0.2, -0.15) is 0 Å². The number of rotatable bonds is 5. The maximum Gasteiger partial charge on any atom is 0.191 e. The Balaban J connectivity index is 1.35. The van der Waals surface area contributed by atoms with Crippen LogP contribution in [0, 0.1) is 6.92 Å². The zero-order chi connectivity index (χ0) is 20.1. The van der Waals surface area contributed by atoms with E-state index in [2.05, 4.69) is 74.9 Å². The number of nitrogens with one attached hydrogen (secondary N) is 2. The van der Waals surface area contributed by atoms with E-state index < -0.39 is 0 Å². The third-order valence-electron chi connectivity index (χ3n) is 5.37. The van der Waals surface area contributed by atoms with Crippen LogP contribution in [0.25, 0.3) is 5.69 Å². The van der Waals surface area contributed by atoms with Crippen LogP contribution in [0.4, 0.5) is 5.69 Å². The molecule has 6 nitrogen and oxygen atoms in total. The number of aromatic nitrogens is 2. The van der Waals surface area contributed by atoms with Gasteiger partial charge in [-0.25, -0.2) is 4.98 Å². The molecule has 6 heteroatoms. The second kappa shape index (κ2) is 8.82. The van der Waals surface area contributed by atoms with Crippen molar-refractivity contribution in [2.75, 3.05) is 25.0 Å². The minimum atomic E-state index is 0.381. The van der Waals surface area contributed by atoms with E-state index in [1.807, 2.05) is 30.2 Å². The molecule has 1 aromatic heterocycles. The van der Waals surface area contributed by atoms with Gasteiger partial charge in [0.05, 0.1) is 12.0 Å². The molecule has 0 saturated carbocycles. The predicted molar refractivity (Wildman–Crippen MR) is 119 cm³/mol. The highest BCUT2D eigenvalue weighted by molar-refractivity contribution is 5.80. The smallest absolute Gasteiger partial charge is 0.191 e. The lowest BCUT2D eigenvalue weighted by atomic mass is 10.1. The van der Waals surface area contributed by atoms with Crippen LogP contribution in [-0.2, 0) is 6.54 Å². The van der Waals surface area contributed by atoms with Gasteiger partial charge in [-0.05, 0) is 37.1 Å². The van der Waals surface area contributed by atoms with Crippen molar-refractivity contribution < 1.29 is 0 Å². The second-order valence-electron chi connectivity index (χ2n) is 7.44. The third-order valence-corrected chi connectivity index (χ3v) is 5.37. The van der Waals surface area contributed by atoms with E-state index in [1.165, 1.54) is 16.8 Å². The van der Waals surface area contributed by atoms with Gasteiger partial charge in [-0.3, -0.25) is 4.99 Å². The standard InChI is InChI=1S/C23H28N6/c1-18-7-9-21(10-8-18)28-13-11-20(16-28)27-23(24-2)26-15-19-5-3-4-6-22(19)29-14-12-25-17-29/h3-10,12,14,17,20H,11,13,15-16H2,1-2H3,(H2,24,26,27). The number of hydrogen-bond donors (Lipinski definition) is 2. The average molecular weight is 389 g/mol. The molecule has 2 aromatic carbocycles. The summed E-state index contributed by atoms with van der Waals surface area (Å²) in [5.41, 5.74) is 4.90. The van der Waals surface area contributed by atoms with Gasteiger partial charge >= 0.3 is 0 Å². The van der Waals surface area contributed by atoms with E-state index in [9.17, 15) is 0 Å². The molecule has 3 aromatic rings. The number of nitrogens with zero attached hydrogens (tertiary/aromatic N) is 4. The van der Waals surface area contributed by atoms with Crippen molar-refractivity contribution in [3.8, 4) is 5.69 Å². The summed E-state index contributed by atoms with van der Waals surface area (Å²) >= 11 is 0. The Bertz CT molecular complexity index is 946. The van der Waals surface area contributed by atoms with Crippen molar-refractivity contribution >= 4 is 11.6 Å². The molecule has 1 fully saturated rings. The fraction of sp³-hybridized carbons (Fsp3) is 0.304. The molecule has 1 aliphatic heterocycles. The summed E-state index contributed by atoms with van der Waals surface area (Å²) in [5, 5.41) is 7.04. The van der Waals surface area contributed by atoms with Crippen molar-refractivity contribution in [2.24, 2.45) is 4.99 Å². The quantitative estimate of drug-likeness (QED) is 0.521. The van der Waals surface area contributed by atoms with Gasteiger partial charge in [-0.15, -0.1) is 0 Å². The highest BCUT2D eigenvalue weighted by Crippen LogP contribution is 2.20. The first-order valence-corrected chi connectivity index (χ1v) is 10.1. The molecule has 29 heavy (non-hydrogen) atoms. The van der Waals surface area contributed by atoms with Crippen LogP contribution in [0.15, 0.2) is 72.2 Å². The first kappa shape index (κ1) is 19.1. The average Bonchev–Trinajstić information content (AvgIpc) is 3.44. The maximum absolute atomic E-state index is 4.43. The highest BCUT2D eigenvalue weighted by atomic mass is 15.2. The number of para-hydroxylation sites is 1. The number of hydrogen-bond acceptors (Lipinski definition) is 3. The van der Waals surface area contributed by atoms with Crippen LogP contribution in [-0.4, -0.2) is 41.7 Å². The lowest BCUT2D eigenvalue weighted by molar-refractivity contribution is 0.648. The summed E-state index contributed by atoms with van der Waals surface area (Å²) in [6.07, 6.45) is 6.68. The largest absolute Gasteiger partial charge is 0.369 e. The van der Waals surface area contributed by atoms with Crippen molar-refractivity contribution in [2.45, 2.75) is 25.9 Å². The molecule has 0 spiro atoms. The van der Waals surface area contributed by atoms with Crippen LogP contribution in [0.5, 0.6) is 0 Å². The van der Waals surface area contributed by atoms with Gasteiger partial charge in [0, 0.05) is 50.8 Å². The van der Waals surface area contributed by atoms with Crippen molar-refractivity contribution in [3.63, 3.8) is 0 Å². The molecular weight excluding hydrogens is 360 g/mol. The molecule has 0 bridgehead atoms. The molecule has 1 saturated heterocycles. The number of anilines is 1. The zero-order valence-corrected chi connectivity index (χ0v) is 17.0. The van der Waals surface area contributed by atoms with Crippen LogP contribution >= 0.6 is 0 Å². The van der Waals surface area contributed by atoms with Crippen molar-refractivity contribution in [3.05, 3.63) is 78.4 Å². The van der Waals surface area contributed by atoms with Crippen molar-refractivity contribution in [1.29, 1.82) is 0 Å². The summed E-state index contributed by atoms with van der Waals surface area (Å²) in [5.74, 6) is 0.834. The topological polar surface area (TPSA) is 57.5 Å². The van der Waals surface area contributed by atoms with E-state index in [0.717, 1.165) is 31.2 Å². The summed E-state index contributed by atoms with van der Waals surface area (Å²) < 4.78 is 2.03. The normalized spacial score (nSPS) is 16.8. The van der Waals surface area contributed by atoms with Gasteiger partial charge in [0.15, 0.2) is 5.96 Å². The van der Waals surface area contributed by atoms with Crippen LogP contribution in [0.2, 0.25) is 0 Å². The molecule has 0 aliphatic carbocycles. The molecule has 1 aliphatic rings. The Morgan fingerprint density at radius 2 is 2.00 bits per heavy atom. The molecule has 2 N–H and O–H groups in total. The Kier molecular flexibility index (Phi) is 5.79. The summed E-state index contributed by atoms with van der Waals surface area (Å²) in [6.45, 7) is 4.86. The van der Waals surface area contributed by atoms with E-state index in [0.29, 0.717) is 12.6 Å². The van der Waals surface area contributed by atoms with Gasteiger partial charge in [0.2, 0.25) is 0 Å². The third kappa shape index (κ3) is 4.59. The monoisotopic (exact) mass is 388 g/mol. The van der Waals surface area contributed by atoms with Crippen LogP contribution < -0.4 is 15.5 Å². The van der Waals surface area contributed by atoms with Gasteiger partial charge in [0.1, 0.15) is 0 Å². The number of aliphatic imine (C=N–C) groups is 1. The Labute approximate surface area is 172 Å². The summed E-state index contributed by atoms with van der Waals surface area (Å²) in [7, 11) is 1.82. The van der Waals surface area contributed by atoms with E-state index >= 15 is 0 Å².